The van der Waals surface area contributed by atoms with E-state index in [4.69, 9.17) is 11.0 Å². The number of hydrogen-bond acceptors (Lipinski definition) is 5. The molecule has 216 valence electrons. The first-order valence-electron chi connectivity index (χ1n) is 14.5. The lowest BCUT2D eigenvalue weighted by molar-refractivity contribution is -0.152. The Bertz CT molecular complexity index is 1130. The van der Waals surface area contributed by atoms with Gasteiger partial charge in [0, 0.05) is 19.0 Å². The van der Waals surface area contributed by atoms with Crippen molar-refractivity contribution in [2.45, 2.75) is 64.8 Å². The summed E-state index contributed by atoms with van der Waals surface area (Å²) >= 11 is 0. The molecule has 40 heavy (non-hydrogen) atoms. The Morgan fingerprint density at radius 2 is 1.55 bits per heavy atom. The second-order valence-electron chi connectivity index (χ2n) is 10.9. The first kappa shape index (κ1) is 31.4. The number of likely N-dealkylation sites (tertiary alicyclic amines) is 1. The van der Waals surface area contributed by atoms with Crippen molar-refractivity contribution in [2.24, 2.45) is 29.4 Å². The summed E-state index contributed by atoms with van der Waals surface area (Å²) in [6.07, 6.45) is 5.73. The van der Waals surface area contributed by atoms with Crippen LogP contribution in [0.5, 0.6) is 0 Å². The van der Waals surface area contributed by atoms with Gasteiger partial charge in [-0.2, -0.15) is 5.26 Å². The number of nitrogens with zero attached hydrogens (tertiary/aromatic N) is 2. The van der Waals surface area contributed by atoms with Crippen molar-refractivity contribution in [3.8, 4) is 6.07 Å². The molecule has 4 rings (SSSR count). The summed E-state index contributed by atoms with van der Waals surface area (Å²) in [4.78, 5) is 25.5. The van der Waals surface area contributed by atoms with Crippen LogP contribution < -0.4 is 11.1 Å². The largest absolute Gasteiger partial charge is 0.327 e. The highest BCUT2D eigenvalue weighted by Crippen LogP contribution is 2.28. The van der Waals surface area contributed by atoms with Gasteiger partial charge in [0.25, 0.3) is 0 Å². The summed E-state index contributed by atoms with van der Waals surface area (Å²) < 4.78 is 25.7. The van der Waals surface area contributed by atoms with Crippen molar-refractivity contribution >= 4 is 11.8 Å². The molecule has 0 spiro atoms. The molecule has 5 unspecified atom stereocenters. The second kappa shape index (κ2) is 15.6. The zero-order chi connectivity index (χ0) is 29.1. The van der Waals surface area contributed by atoms with Gasteiger partial charge >= 0.3 is 0 Å². The van der Waals surface area contributed by atoms with Crippen molar-refractivity contribution in [2.75, 3.05) is 19.6 Å². The zero-order valence-electron chi connectivity index (χ0n) is 23.6. The van der Waals surface area contributed by atoms with Crippen LogP contribution in [0.4, 0.5) is 8.78 Å². The molecule has 2 aromatic rings. The van der Waals surface area contributed by atoms with Crippen molar-refractivity contribution in [1.29, 1.82) is 5.26 Å². The van der Waals surface area contributed by atoms with Gasteiger partial charge < -0.3 is 11.1 Å². The van der Waals surface area contributed by atoms with Crippen molar-refractivity contribution < 1.29 is 18.4 Å². The number of rotatable bonds is 9. The summed E-state index contributed by atoms with van der Waals surface area (Å²) in [5, 5.41) is 12.6. The number of hydrogen-bond donors (Lipinski definition) is 2. The fourth-order valence-corrected chi connectivity index (χ4v) is 5.76. The molecule has 5 atom stereocenters. The first-order valence-corrected chi connectivity index (χ1v) is 14.5. The summed E-state index contributed by atoms with van der Waals surface area (Å²) in [5.74, 6) is -0.695. The predicted molar refractivity (Wildman–Crippen MR) is 152 cm³/mol. The van der Waals surface area contributed by atoms with Gasteiger partial charge in [0.1, 0.15) is 17.6 Å². The van der Waals surface area contributed by atoms with Crippen LogP contribution in [0.25, 0.3) is 0 Å². The van der Waals surface area contributed by atoms with Gasteiger partial charge in [0.05, 0.1) is 6.07 Å². The highest BCUT2D eigenvalue weighted by molar-refractivity contribution is 6.00. The topological polar surface area (TPSA) is 99.2 Å². The summed E-state index contributed by atoms with van der Waals surface area (Å²) in [5.41, 5.74) is 8.40. The Morgan fingerprint density at radius 3 is 2.10 bits per heavy atom. The average molecular weight is 553 g/mol. The van der Waals surface area contributed by atoms with Crippen LogP contribution in [-0.2, 0) is 22.4 Å². The van der Waals surface area contributed by atoms with Crippen molar-refractivity contribution in [3.63, 3.8) is 0 Å². The van der Waals surface area contributed by atoms with Gasteiger partial charge in [0.15, 0.2) is 0 Å². The number of nitriles is 1. The molecule has 6 nitrogen and oxygen atoms in total. The van der Waals surface area contributed by atoms with Crippen LogP contribution in [-0.4, -0.2) is 42.4 Å². The van der Waals surface area contributed by atoms with Gasteiger partial charge in [-0.1, -0.05) is 51.0 Å². The Hall–Kier alpha value is -3.15. The van der Waals surface area contributed by atoms with Crippen molar-refractivity contribution in [1.82, 2.24) is 10.2 Å². The standard InChI is InChI=1S/C16H17FN2O2.C16H25FN2/c1-2-12-9-15(20)19(16(21)14(12)10-18)8-7-11-3-5-13(17)6-4-11;1-2-13-9-10-19-11-15(13)16(18)8-5-12-3-6-14(17)7-4-12/h3-6,12,14H,2,7-9H2,1H3;3-4,6-7,13,15-16,19H,2,5,8-11,18H2,1H3. The summed E-state index contributed by atoms with van der Waals surface area (Å²) in [6, 6.07) is 15.0. The third-order valence-corrected chi connectivity index (χ3v) is 8.37. The normalized spacial score (nSPS) is 23.6. The molecule has 2 heterocycles. The van der Waals surface area contributed by atoms with Crippen LogP contribution >= 0.6 is 0 Å². The van der Waals surface area contributed by atoms with Crippen molar-refractivity contribution in [3.05, 3.63) is 71.3 Å². The number of carbonyl (C=O) groups excluding carboxylic acids is 2. The van der Waals surface area contributed by atoms with E-state index >= 15 is 0 Å². The van der Waals surface area contributed by atoms with Gasteiger partial charge in [-0.25, -0.2) is 8.78 Å². The maximum absolute atomic E-state index is 12.8. The Labute approximate surface area is 236 Å². The van der Waals surface area contributed by atoms with E-state index in [9.17, 15) is 18.4 Å². The smallest absolute Gasteiger partial charge is 0.246 e. The lowest BCUT2D eigenvalue weighted by Gasteiger charge is -2.35. The monoisotopic (exact) mass is 552 g/mol. The molecule has 2 amide bonds. The van der Waals surface area contributed by atoms with Crippen LogP contribution in [0.3, 0.4) is 0 Å². The van der Waals surface area contributed by atoms with Gasteiger partial charge in [-0.15, -0.1) is 0 Å². The summed E-state index contributed by atoms with van der Waals surface area (Å²) in [6.45, 7) is 6.54. The third kappa shape index (κ3) is 8.67. The Morgan fingerprint density at radius 1 is 0.975 bits per heavy atom. The van der Waals surface area contributed by atoms with E-state index in [-0.39, 0.29) is 42.5 Å². The molecule has 0 bridgehead atoms. The molecule has 0 saturated carbocycles. The third-order valence-electron chi connectivity index (χ3n) is 8.37. The zero-order valence-corrected chi connectivity index (χ0v) is 23.6. The number of imide groups is 1. The molecule has 2 aromatic carbocycles. The number of nitrogens with one attached hydrogen (secondary N) is 1. The highest BCUT2D eigenvalue weighted by Gasteiger charge is 2.40. The molecule has 0 aliphatic carbocycles. The second-order valence-corrected chi connectivity index (χ2v) is 10.9. The molecule has 2 aliphatic heterocycles. The quantitative estimate of drug-likeness (QED) is 0.426. The number of halogens is 2. The van der Waals surface area contributed by atoms with E-state index in [1.807, 2.05) is 25.1 Å². The maximum Gasteiger partial charge on any atom is 0.246 e. The molecule has 2 saturated heterocycles. The van der Waals surface area contributed by atoms with Crippen LogP contribution in [0.15, 0.2) is 48.5 Å². The van der Waals surface area contributed by atoms with Gasteiger partial charge in [0.2, 0.25) is 11.8 Å². The van der Waals surface area contributed by atoms with E-state index in [0.717, 1.165) is 37.4 Å². The first-order chi connectivity index (χ1) is 19.3. The molecule has 8 heteroatoms. The number of amides is 2. The minimum Gasteiger partial charge on any atom is -0.327 e. The molecular weight excluding hydrogens is 510 g/mol. The fraction of sp³-hybridized carbons (Fsp3) is 0.531. The van der Waals surface area contributed by atoms with Crippen LogP contribution in [0, 0.1) is 46.6 Å². The molecule has 3 N–H and O–H groups in total. The average Bonchev–Trinajstić information content (AvgIpc) is 2.97. The Balaban J connectivity index is 0.000000222. The molecular formula is C32H42F2N4O2. The number of piperidine rings is 2. The van der Waals surface area contributed by atoms with E-state index in [2.05, 4.69) is 12.2 Å². The molecule has 0 aromatic heterocycles. The van der Waals surface area contributed by atoms with E-state index < -0.39 is 11.8 Å². The number of carbonyl (C=O) groups is 2. The highest BCUT2D eigenvalue weighted by atomic mass is 19.1. The molecule has 0 radical (unpaired) electrons. The molecule has 2 aliphatic rings. The minimum atomic E-state index is -0.735. The predicted octanol–water partition coefficient (Wildman–Crippen LogP) is 5.01. The maximum atomic E-state index is 12.8. The van der Waals surface area contributed by atoms with Crippen LogP contribution in [0.2, 0.25) is 0 Å². The van der Waals surface area contributed by atoms with E-state index in [1.54, 1.807) is 12.1 Å². The van der Waals surface area contributed by atoms with Crippen LogP contribution in [0.1, 0.15) is 57.1 Å². The lowest BCUT2D eigenvalue weighted by Crippen LogP contribution is -2.49. The van der Waals surface area contributed by atoms with Gasteiger partial charge in [-0.05, 0) is 91.9 Å². The van der Waals surface area contributed by atoms with Gasteiger partial charge in [-0.3, -0.25) is 14.5 Å². The van der Waals surface area contributed by atoms with E-state index in [1.165, 1.54) is 47.6 Å². The summed E-state index contributed by atoms with van der Waals surface area (Å²) in [7, 11) is 0. The fourth-order valence-electron chi connectivity index (χ4n) is 5.76. The molecule has 2 fully saturated rings. The number of aryl methyl sites for hydroxylation is 1. The number of benzene rings is 2. The SMILES string of the molecule is CCC1CC(=O)N(CCc2ccc(F)cc2)C(=O)C1C#N.CCC1CCNCC1C(N)CCc1ccc(F)cc1. The Kier molecular flexibility index (Phi) is 12.2. The number of nitrogens with two attached hydrogens (primary N) is 1. The minimum absolute atomic E-state index is 0.171. The van der Waals surface area contributed by atoms with E-state index in [0.29, 0.717) is 18.8 Å². The lowest BCUT2D eigenvalue weighted by atomic mass is 9.78.